The molecule has 0 N–H and O–H groups in total. The molecule has 0 aliphatic heterocycles. The van der Waals surface area contributed by atoms with Gasteiger partial charge in [-0.25, -0.2) is 0 Å². The fourth-order valence-corrected chi connectivity index (χ4v) is 2.07. The summed E-state index contributed by atoms with van der Waals surface area (Å²) in [6.07, 6.45) is 3.34. The first-order valence-electron chi connectivity index (χ1n) is 4.90. The summed E-state index contributed by atoms with van der Waals surface area (Å²) in [7, 11) is 0. The summed E-state index contributed by atoms with van der Waals surface area (Å²) in [4.78, 5) is 8.48. The molecule has 0 spiro atoms. The summed E-state index contributed by atoms with van der Waals surface area (Å²) in [5, 5.41) is 0.716. The van der Waals surface area contributed by atoms with Crippen LogP contribution in [0.2, 0.25) is 5.02 Å². The number of aromatic nitrogens is 2. The summed E-state index contributed by atoms with van der Waals surface area (Å²) in [5.74, 6) is 0. The number of fused-ring (bicyclic) bond motifs is 1. The highest BCUT2D eigenvalue weighted by Crippen LogP contribution is 2.33. The predicted molar refractivity (Wildman–Crippen MR) is 63.2 cm³/mol. The molecular formula is C12H13ClN2. The molecule has 1 heterocycles. The van der Waals surface area contributed by atoms with Crippen molar-refractivity contribution in [2.24, 2.45) is 0 Å². The predicted octanol–water partition coefficient (Wildman–Crippen LogP) is 3.58. The van der Waals surface area contributed by atoms with Crippen LogP contribution in [-0.2, 0) is 5.41 Å². The number of hydrogen-bond donors (Lipinski definition) is 0. The molecule has 15 heavy (non-hydrogen) atoms. The SMILES string of the molecule is CC(C)(C)c1ccc2nccnc2c1Cl. The highest BCUT2D eigenvalue weighted by molar-refractivity contribution is 6.35. The average Bonchev–Trinajstić information content (AvgIpc) is 2.16. The lowest BCUT2D eigenvalue weighted by molar-refractivity contribution is 0.591. The van der Waals surface area contributed by atoms with E-state index in [1.54, 1.807) is 12.4 Å². The molecule has 0 saturated carbocycles. The van der Waals surface area contributed by atoms with Gasteiger partial charge in [0, 0.05) is 12.4 Å². The van der Waals surface area contributed by atoms with Crippen LogP contribution in [0.15, 0.2) is 24.5 Å². The Labute approximate surface area is 94.3 Å². The third kappa shape index (κ3) is 1.82. The summed E-state index contributed by atoms with van der Waals surface area (Å²) in [6.45, 7) is 6.41. The minimum Gasteiger partial charge on any atom is -0.253 e. The molecule has 2 aromatic rings. The van der Waals surface area contributed by atoms with Crippen molar-refractivity contribution in [2.75, 3.05) is 0 Å². The lowest BCUT2D eigenvalue weighted by atomic mass is 9.87. The number of halogens is 1. The van der Waals surface area contributed by atoms with Crippen LogP contribution < -0.4 is 0 Å². The van der Waals surface area contributed by atoms with E-state index in [1.807, 2.05) is 12.1 Å². The molecule has 0 amide bonds. The quantitative estimate of drug-likeness (QED) is 0.678. The fourth-order valence-electron chi connectivity index (χ4n) is 1.58. The van der Waals surface area contributed by atoms with Gasteiger partial charge in [0.15, 0.2) is 0 Å². The minimum absolute atomic E-state index is 0.0306. The lowest BCUT2D eigenvalue weighted by Crippen LogP contribution is -2.12. The van der Waals surface area contributed by atoms with Crippen LogP contribution in [0.25, 0.3) is 11.0 Å². The zero-order valence-electron chi connectivity index (χ0n) is 9.08. The zero-order valence-corrected chi connectivity index (χ0v) is 9.84. The van der Waals surface area contributed by atoms with Crippen LogP contribution >= 0.6 is 11.6 Å². The minimum atomic E-state index is 0.0306. The van der Waals surface area contributed by atoms with Crippen LogP contribution in [0, 0.1) is 0 Å². The Bertz CT molecular complexity index is 500. The van der Waals surface area contributed by atoms with Gasteiger partial charge in [0.05, 0.1) is 10.5 Å². The molecule has 0 saturated heterocycles. The lowest BCUT2D eigenvalue weighted by Gasteiger charge is -2.20. The van der Waals surface area contributed by atoms with Crippen LogP contribution in [-0.4, -0.2) is 9.97 Å². The van der Waals surface area contributed by atoms with Crippen molar-refractivity contribution in [3.63, 3.8) is 0 Å². The average molecular weight is 221 g/mol. The Morgan fingerprint density at radius 3 is 2.40 bits per heavy atom. The van der Waals surface area contributed by atoms with Crippen LogP contribution in [0.5, 0.6) is 0 Å². The molecule has 0 aliphatic rings. The van der Waals surface area contributed by atoms with E-state index in [4.69, 9.17) is 11.6 Å². The second-order valence-electron chi connectivity index (χ2n) is 4.60. The fraction of sp³-hybridized carbons (Fsp3) is 0.333. The number of nitrogens with zero attached hydrogens (tertiary/aromatic N) is 2. The standard InChI is InChI=1S/C12H13ClN2/c1-12(2,3)8-4-5-9-11(10(8)13)15-7-6-14-9/h4-7H,1-3H3. The second kappa shape index (κ2) is 3.46. The van der Waals surface area contributed by atoms with Gasteiger partial charge in [-0.2, -0.15) is 0 Å². The molecule has 2 nitrogen and oxygen atoms in total. The van der Waals surface area contributed by atoms with Crippen molar-refractivity contribution >= 4 is 22.6 Å². The first kappa shape index (κ1) is 10.4. The van der Waals surface area contributed by atoms with Gasteiger partial charge in [-0.05, 0) is 17.0 Å². The molecule has 0 fully saturated rings. The molecule has 0 bridgehead atoms. The van der Waals surface area contributed by atoms with E-state index in [2.05, 4.69) is 30.7 Å². The van der Waals surface area contributed by atoms with Gasteiger partial charge in [0.2, 0.25) is 0 Å². The third-order valence-electron chi connectivity index (χ3n) is 2.39. The second-order valence-corrected chi connectivity index (χ2v) is 4.98. The molecule has 0 radical (unpaired) electrons. The first-order valence-corrected chi connectivity index (χ1v) is 5.27. The van der Waals surface area contributed by atoms with Gasteiger partial charge in [-0.15, -0.1) is 0 Å². The van der Waals surface area contributed by atoms with Crippen molar-refractivity contribution in [3.8, 4) is 0 Å². The first-order chi connectivity index (χ1) is 7.00. The normalized spacial score (nSPS) is 12.0. The van der Waals surface area contributed by atoms with Crippen molar-refractivity contribution in [2.45, 2.75) is 26.2 Å². The van der Waals surface area contributed by atoms with Crippen LogP contribution in [0.3, 0.4) is 0 Å². The van der Waals surface area contributed by atoms with Gasteiger partial charge >= 0.3 is 0 Å². The van der Waals surface area contributed by atoms with Crippen molar-refractivity contribution in [3.05, 3.63) is 35.1 Å². The van der Waals surface area contributed by atoms with Gasteiger partial charge in [-0.3, -0.25) is 9.97 Å². The Balaban J connectivity index is 2.76. The Morgan fingerprint density at radius 1 is 1.07 bits per heavy atom. The van der Waals surface area contributed by atoms with Gasteiger partial charge < -0.3 is 0 Å². The van der Waals surface area contributed by atoms with E-state index in [9.17, 15) is 0 Å². The van der Waals surface area contributed by atoms with E-state index in [1.165, 1.54) is 0 Å². The molecule has 3 heteroatoms. The molecular weight excluding hydrogens is 208 g/mol. The van der Waals surface area contributed by atoms with E-state index in [0.717, 1.165) is 16.6 Å². The van der Waals surface area contributed by atoms with Crippen LogP contribution in [0.1, 0.15) is 26.3 Å². The van der Waals surface area contributed by atoms with Crippen LogP contribution in [0.4, 0.5) is 0 Å². The number of rotatable bonds is 0. The third-order valence-corrected chi connectivity index (χ3v) is 2.77. The highest BCUT2D eigenvalue weighted by atomic mass is 35.5. The molecule has 1 aromatic carbocycles. The molecule has 2 rings (SSSR count). The van der Waals surface area contributed by atoms with Crippen molar-refractivity contribution in [1.82, 2.24) is 9.97 Å². The Morgan fingerprint density at radius 2 is 1.73 bits per heavy atom. The van der Waals surface area contributed by atoms with E-state index < -0.39 is 0 Å². The van der Waals surface area contributed by atoms with E-state index in [0.29, 0.717) is 5.02 Å². The molecule has 0 atom stereocenters. The summed E-state index contributed by atoms with van der Waals surface area (Å²) < 4.78 is 0. The molecule has 0 unspecified atom stereocenters. The number of benzene rings is 1. The molecule has 1 aromatic heterocycles. The maximum atomic E-state index is 6.32. The summed E-state index contributed by atoms with van der Waals surface area (Å²) in [6, 6.07) is 3.99. The monoisotopic (exact) mass is 220 g/mol. The zero-order chi connectivity index (χ0) is 11.1. The van der Waals surface area contributed by atoms with E-state index >= 15 is 0 Å². The topological polar surface area (TPSA) is 25.8 Å². The molecule has 78 valence electrons. The summed E-state index contributed by atoms with van der Waals surface area (Å²) >= 11 is 6.32. The highest BCUT2D eigenvalue weighted by Gasteiger charge is 2.19. The summed E-state index contributed by atoms with van der Waals surface area (Å²) in [5.41, 5.74) is 2.77. The van der Waals surface area contributed by atoms with Gasteiger partial charge in [-0.1, -0.05) is 38.4 Å². The maximum Gasteiger partial charge on any atom is 0.108 e. The largest absolute Gasteiger partial charge is 0.253 e. The smallest absolute Gasteiger partial charge is 0.108 e. The maximum absolute atomic E-state index is 6.32. The Hall–Kier alpha value is -1.15. The van der Waals surface area contributed by atoms with E-state index in [-0.39, 0.29) is 5.41 Å². The number of hydrogen-bond acceptors (Lipinski definition) is 2. The van der Waals surface area contributed by atoms with Gasteiger partial charge in [0.1, 0.15) is 5.52 Å². The van der Waals surface area contributed by atoms with Gasteiger partial charge in [0.25, 0.3) is 0 Å². The van der Waals surface area contributed by atoms with Crippen molar-refractivity contribution < 1.29 is 0 Å². The van der Waals surface area contributed by atoms with Crippen molar-refractivity contribution in [1.29, 1.82) is 0 Å². The molecule has 0 aliphatic carbocycles. The Kier molecular flexibility index (Phi) is 2.39.